The standard InChI is InChI=1S/C15H23ClO2/c1-9(2)12(16)6-7-15(3)11-5-4-10(8-11)13(15)14(17)18/h10-13H,1,4-8H2,2-3H3,(H,17,18). The molecule has 0 aromatic heterocycles. The summed E-state index contributed by atoms with van der Waals surface area (Å²) in [6.45, 7) is 7.98. The number of halogens is 1. The van der Waals surface area contributed by atoms with E-state index >= 15 is 0 Å². The Morgan fingerprint density at radius 3 is 2.78 bits per heavy atom. The summed E-state index contributed by atoms with van der Waals surface area (Å²) in [7, 11) is 0. The third kappa shape index (κ3) is 2.20. The highest BCUT2D eigenvalue weighted by atomic mass is 35.5. The largest absolute Gasteiger partial charge is 0.481 e. The molecular weight excluding hydrogens is 248 g/mol. The lowest BCUT2D eigenvalue weighted by atomic mass is 9.64. The van der Waals surface area contributed by atoms with Gasteiger partial charge in [0, 0.05) is 0 Å². The van der Waals surface area contributed by atoms with E-state index in [1.807, 2.05) is 6.92 Å². The van der Waals surface area contributed by atoms with E-state index < -0.39 is 5.97 Å². The number of carbonyl (C=O) groups is 1. The summed E-state index contributed by atoms with van der Waals surface area (Å²) < 4.78 is 0. The number of hydrogen-bond acceptors (Lipinski definition) is 1. The van der Waals surface area contributed by atoms with Crippen molar-refractivity contribution in [2.75, 3.05) is 0 Å². The minimum absolute atomic E-state index is 0.0182. The van der Waals surface area contributed by atoms with Crippen LogP contribution in [0.3, 0.4) is 0 Å². The topological polar surface area (TPSA) is 37.3 Å². The Morgan fingerprint density at radius 2 is 2.22 bits per heavy atom. The van der Waals surface area contributed by atoms with Gasteiger partial charge in [0.2, 0.25) is 0 Å². The summed E-state index contributed by atoms with van der Waals surface area (Å²) in [5.74, 6) is 0.213. The van der Waals surface area contributed by atoms with Crippen LogP contribution in [-0.4, -0.2) is 16.5 Å². The average Bonchev–Trinajstić information content (AvgIpc) is 2.84. The van der Waals surface area contributed by atoms with Gasteiger partial charge in [-0.05, 0) is 56.3 Å². The van der Waals surface area contributed by atoms with Gasteiger partial charge in [-0.15, -0.1) is 11.6 Å². The van der Waals surface area contributed by atoms with Gasteiger partial charge in [-0.25, -0.2) is 0 Å². The molecule has 0 amide bonds. The van der Waals surface area contributed by atoms with Crippen LogP contribution in [0.5, 0.6) is 0 Å². The lowest BCUT2D eigenvalue weighted by molar-refractivity contribution is -0.149. The monoisotopic (exact) mass is 270 g/mol. The van der Waals surface area contributed by atoms with Crippen LogP contribution in [0.1, 0.15) is 46.0 Å². The predicted octanol–water partition coefficient (Wildman–Crippen LogP) is 4.09. The smallest absolute Gasteiger partial charge is 0.307 e. The number of carboxylic acids is 1. The third-order valence-electron chi connectivity index (χ3n) is 5.32. The minimum Gasteiger partial charge on any atom is -0.481 e. The molecule has 2 fully saturated rings. The van der Waals surface area contributed by atoms with E-state index in [1.165, 1.54) is 6.42 Å². The number of aliphatic carboxylic acids is 1. The van der Waals surface area contributed by atoms with Gasteiger partial charge in [-0.1, -0.05) is 19.1 Å². The van der Waals surface area contributed by atoms with Gasteiger partial charge in [-0.3, -0.25) is 4.79 Å². The molecule has 0 spiro atoms. The van der Waals surface area contributed by atoms with Crippen molar-refractivity contribution >= 4 is 17.6 Å². The summed E-state index contributed by atoms with van der Waals surface area (Å²) in [5, 5.41) is 9.48. The van der Waals surface area contributed by atoms with Crippen LogP contribution in [0, 0.1) is 23.2 Å². The Hall–Kier alpha value is -0.500. The Morgan fingerprint density at radius 1 is 1.56 bits per heavy atom. The summed E-state index contributed by atoms with van der Waals surface area (Å²) in [5.41, 5.74) is 0.924. The number of rotatable bonds is 5. The molecule has 3 heteroatoms. The Labute approximate surface area is 114 Å². The van der Waals surface area contributed by atoms with E-state index in [4.69, 9.17) is 11.6 Å². The minimum atomic E-state index is -0.605. The second-order valence-electron chi connectivity index (χ2n) is 6.44. The molecule has 0 radical (unpaired) electrons. The maximum absolute atomic E-state index is 11.5. The highest BCUT2D eigenvalue weighted by Gasteiger charge is 2.57. The molecule has 2 rings (SSSR count). The second kappa shape index (κ2) is 4.88. The van der Waals surface area contributed by atoms with E-state index in [1.54, 1.807) is 0 Å². The summed E-state index contributed by atoms with van der Waals surface area (Å²) >= 11 is 6.24. The number of alkyl halides is 1. The third-order valence-corrected chi connectivity index (χ3v) is 5.92. The molecule has 18 heavy (non-hydrogen) atoms. The molecule has 0 aromatic rings. The summed E-state index contributed by atoms with van der Waals surface area (Å²) in [6.07, 6.45) is 5.16. The molecule has 2 bridgehead atoms. The van der Waals surface area contributed by atoms with Gasteiger partial charge in [0.05, 0.1) is 11.3 Å². The van der Waals surface area contributed by atoms with Crippen molar-refractivity contribution in [1.29, 1.82) is 0 Å². The van der Waals surface area contributed by atoms with E-state index in [9.17, 15) is 9.90 Å². The van der Waals surface area contributed by atoms with Crippen molar-refractivity contribution in [2.45, 2.75) is 51.3 Å². The van der Waals surface area contributed by atoms with Crippen LogP contribution in [0.4, 0.5) is 0 Å². The van der Waals surface area contributed by atoms with Crippen LogP contribution in [0.25, 0.3) is 0 Å². The lowest BCUT2D eigenvalue weighted by Gasteiger charge is -2.39. The zero-order chi connectivity index (χ0) is 13.5. The fourth-order valence-corrected chi connectivity index (χ4v) is 4.35. The van der Waals surface area contributed by atoms with Crippen LogP contribution in [0.2, 0.25) is 0 Å². The van der Waals surface area contributed by atoms with Crippen LogP contribution < -0.4 is 0 Å². The molecule has 5 atom stereocenters. The fourth-order valence-electron chi connectivity index (χ4n) is 4.24. The fraction of sp³-hybridized carbons (Fsp3) is 0.800. The van der Waals surface area contributed by atoms with Gasteiger partial charge >= 0.3 is 5.97 Å². The van der Waals surface area contributed by atoms with Gasteiger partial charge in [-0.2, -0.15) is 0 Å². The van der Waals surface area contributed by atoms with Crippen LogP contribution >= 0.6 is 11.6 Å². The molecule has 2 nitrogen and oxygen atoms in total. The molecule has 0 saturated heterocycles. The number of carboxylic acid groups (broad SMARTS) is 1. The molecule has 102 valence electrons. The summed E-state index contributed by atoms with van der Waals surface area (Å²) in [6, 6.07) is 0. The lowest BCUT2D eigenvalue weighted by Crippen LogP contribution is -2.39. The first-order valence-corrected chi connectivity index (χ1v) is 7.32. The van der Waals surface area contributed by atoms with Crippen molar-refractivity contribution in [2.24, 2.45) is 23.2 Å². The molecule has 1 N–H and O–H groups in total. The Kier molecular flexibility index (Phi) is 3.77. The van der Waals surface area contributed by atoms with Crippen LogP contribution in [-0.2, 0) is 4.79 Å². The Bertz CT molecular complexity index is 366. The molecule has 0 heterocycles. The van der Waals surface area contributed by atoms with E-state index in [2.05, 4.69) is 13.5 Å². The first-order valence-electron chi connectivity index (χ1n) is 6.88. The normalized spacial score (nSPS) is 39.8. The second-order valence-corrected chi connectivity index (χ2v) is 6.97. The quantitative estimate of drug-likeness (QED) is 0.604. The molecule has 2 aliphatic carbocycles. The molecule has 2 aliphatic rings. The van der Waals surface area contributed by atoms with E-state index in [0.29, 0.717) is 11.8 Å². The van der Waals surface area contributed by atoms with E-state index in [-0.39, 0.29) is 16.7 Å². The highest BCUT2D eigenvalue weighted by molar-refractivity contribution is 6.22. The van der Waals surface area contributed by atoms with Crippen molar-refractivity contribution in [3.05, 3.63) is 12.2 Å². The van der Waals surface area contributed by atoms with Crippen molar-refractivity contribution < 1.29 is 9.90 Å². The number of hydrogen-bond donors (Lipinski definition) is 1. The van der Waals surface area contributed by atoms with E-state index in [0.717, 1.165) is 31.3 Å². The zero-order valence-electron chi connectivity index (χ0n) is 11.3. The number of fused-ring (bicyclic) bond motifs is 2. The zero-order valence-corrected chi connectivity index (χ0v) is 12.0. The average molecular weight is 271 g/mol. The molecule has 2 saturated carbocycles. The van der Waals surface area contributed by atoms with Gasteiger partial charge in [0.15, 0.2) is 0 Å². The molecule has 0 aromatic carbocycles. The molecule has 5 unspecified atom stereocenters. The summed E-state index contributed by atoms with van der Waals surface area (Å²) in [4.78, 5) is 11.5. The van der Waals surface area contributed by atoms with Gasteiger partial charge in [0.25, 0.3) is 0 Å². The van der Waals surface area contributed by atoms with Crippen molar-refractivity contribution in [3.63, 3.8) is 0 Å². The Balaban J connectivity index is 2.08. The maximum atomic E-state index is 11.5. The SMILES string of the molecule is C=C(C)C(Cl)CCC1(C)C2CCC(C2)C1C(=O)O. The first-order chi connectivity index (χ1) is 8.36. The van der Waals surface area contributed by atoms with Crippen LogP contribution in [0.15, 0.2) is 12.2 Å². The first kappa shape index (κ1) is 13.9. The highest BCUT2D eigenvalue weighted by Crippen LogP contribution is 2.61. The van der Waals surface area contributed by atoms with Crippen molar-refractivity contribution in [1.82, 2.24) is 0 Å². The molecule has 0 aliphatic heterocycles. The predicted molar refractivity (Wildman–Crippen MR) is 73.8 cm³/mol. The number of allylic oxidation sites excluding steroid dienone is 1. The maximum Gasteiger partial charge on any atom is 0.307 e. The van der Waals surface area contributed by atoms with Gasteiger partial charge in [0.1, 0.15) is 0 Å². The molecular formula is C15H23ClO2. The van der Waals surface area contributed by atoms with Crippen molar-refractivity contribution in [3.8, 4) is 0 Å². The van der Waals surface area contributed by atoms with Gasteiger partial charge < -0.3 is 5.11 Å².